The highest BCUT2D eigenvalue weighted by Crippen LogP contribution is 2.35. The van der Waals surface area contributed by atoms with E-state index in [9.17, 15) is 18.0 Å². The first-order chi connectivity index (χ1) is 4.33. The van der Waals surface area contributed by atoms with Crippen molar-refractivity contribution in [1.29, 1.82) is 0 Å². The number of hydrogen-bond donors (Lipinski definition) is 1. The van der Waals surface area contributed by atoms with Crippen LogP contribution in [0.15, 0.2) is 11.5 Å². The molecule has 0 aromatic carbocycles. The lowest BCUT2D eigenvalue weighted by Gasteiger charge is -2.02. The molecule has 0 aliphatic carbocycles. The summed E-state index contributed by atoms with van der Waals surface area (Å²) in [4.78, 5) is 8.83. The molecule has 0 amide bonds. The Labute approximate surface area is 58.7 Å². The van der Waals surface area contributed by atoms with Gasteiger partial charge in [0.25, 0.3) is 0 Å². The van der Waals surface area contributed by atoms with Gasteiger partial charge in [-0.2, -0.15) is 13.2 Å². The summed E-state index contributed by atoms with van der Waals surface area (Å²) < 4.78 is 33.9. The van der Waals surface area contributed by atoms with E-state index in [1.165, 1.54) is 0 Å². The Kier molecular flexibility index (Phi) is 2.77. The molecule has 6 heteroatoms. The van der Waals surface area contributed by atoms with E-state index in [0.717, 1.165) is 0 Å². The molecule has 10 heavy (non-hydrogen) atoms. The van der Waals surface area contributed by atoms with Gasteiger partial charge in [-0.25, -0.2) is 4.79 Å². The van der Waals surface area contributed by atoms with Crippen LogP contribution in [0.4, 0.5) is 13.2 Å². The molecular weight excluding hydrogens is 169 g/mol. The van der Waals surface area contributed by atoms with Crippen LogP contribution >= 0.6 is 11.8 Å². The Morgan fingerprint density at radius 2 is 1.90 bits per heavy atom. The van der Waals surface area contributed by atoms with Crippen LogP contribution in [-0.4, -0.2) is 16.6 Å². The maximum absolute atomic E-state index is 11.3. The van der Waals surface area contributed by atoms with Crippen LogP contribution in [-0.2, 0) is 4.79 Å². The summed E-state index contributed by atoms with van der Waals surface area (Å²) in [5.41, 5.74) is -4.56. The molecule has 2 nitrogen and oxygen atoms in total. The van der Waals surface area contributed by atoms with Crippen molar-refractivity contribution in [2.75, 3.05) is 0 Å². The molecule has 0 unspecified atom stereocenters. The van der Waals surface area contributed by atoms with Crippen LogP contribution in [0.25, 0.3) is 0 Å². The number of carbonyl (C=O) groups is 1. The number of rotatable bonds is 2. The van der Waals surface area contributed by atoms with Gasteiger partial charge in [-0.3, -0.25) is 0 Å². The van der Waals surface area contributed by atoms with Crippen molar-refractivity contribution in [3.8, 4) is 0 Å². The van der Waals surface area contributed by atoms with Crippen molar-refractivity contribution < 1.29 is 23.1 Å². The van der Waals surface area contributed by atoms with E-state index in [2.05, 4.69) is 6.58 Å². The highest BCUT2D eigenvalue weighted by Gasteiger charge is 2.31. The Bertz CT molecular complexity index is 162. The summed E-state index contributed by atoms with van der Waals surface area (Å²) in [6.45, 7) is 2.68. The van der Waals surface area contributed by atoms with Gasteiger partial charge in [-0.05, 0) is 11.8 Å². The van der Waals surface area contributed by atoms with Crippen LogP contribution in [0.3, 0.4) is 0 Å². The highest BCUT2D eigenvalue weighted by atomic mass is 32.2. The number of aliphatic carboxylic acids is 1. The molecule has 0 rings (SSSR count). The topological polar surface area (TPSA) is 37.3 Å². The smallest absolute Gasteiger partial charge is 0.446 e. The Hall–Kier alpha value is -0.650. The molecule has 0 atom stereocenters. The predicted octanol–water partition coefficient (Wildman–Crippen LogP) is 1.84. The van der Waals surface area contributed by atoms with Gasteiger partial charge in [0.2, 0.25) is 0 Å². The maximum Gasteiger partial charge on any atom is 0.446 e. The van der Waals surface area contributed by atoms with Crippen LogP contribution in [0.2, 0.25) is 0 Å². The SMILES string of the molecule is C=C(SC(F)(F)F)C(=O)O. The number of halogens is 3. The van der Waals surface area contributed by atoms with E-state index in [4.69, 9.17) is 5.11 Å². The number of carboxylic acid groups (broad SMARTS) is 1. The third-order valence-electron chi connectivity index (χ3n) is 0.477. The highest BCUT2D eigenvalue weighted by molar-refractivity contribution is 8.04. The fraction of sp³-hybridized carbons (Fsp3) is 0.250. The second kappa shape index (κ2) is 2.96. The Morgan fingerprint density at radius 1 is 1.50 bits per heavy atom. The Morgan fingerprint density at radius 3 is 2.00 bits per heavy atom. The summed E-state index contributed by atoms with van der Waals surface area (Å²) in [5, 5.41) is 7.92. The minimum atomic E-state index is -4.56. The minimum Gasteiger partial charge on any atom is -0.477 e. The molecule has 1 N–H and O–H groups in total. The van der Waals surface area contributed by atoms with Gasteiger partial charge in [0.1, 0.15) is 0 Å². The fourth-order valence-electron chi connectivity index (χ4n) is 0.183. The van der Waals surface area contributed by atoms with E-state index in [0.29, 0.717) is 0 Å². The molecule has 0 aromatic rings. The first kappa shape index (κ1) is 9.35. The molecule has 0 radical (unpaired) electrons. The summed E-state index contributed by atoms with van der Waals surface area (Å²) in [7, 11) is 0. The number of carboxylic acids is 1. The molecule has 58 valence electrons. The molecule has 0 aliphatic heterocycles. The average Bonchev–Trinajstić information content (AvgIpc) is 1.60. The molecule has 0 heterocycles. The largest absolute Gasteiger partial charge is 0.477 e. The van der Waals surface area contributed by atoms with Gasteiger partial charge in [-0.1, -0.05) is 6.58 Å². The second-order valence-electron chi connectivity index (χ2n) is 1.28. The van der Waals surface area contributed by atoms with Crippen molar-refractivity contribution >= 4 is 17.7 Å². The molecular formula is C4H3F3O2S. The van der Waals surface area contributed by atoms with Crippen LogP contribution < -0.4 is 0 Å². The Balaban J connectivity index is 3.93. The lowest BCUT2D eigenvalue weighted by molar-refractivity contribution is -0.131. The van der Waals surface area contributed by atoms with E-state index in [-0.39, 0.29) is 0 Å². The number of alkyl halides is 3. The lowest BCUT2D eigenvalue weighted by atomic mass is 10.7. The van der Waals surface area contributed by atoms with Crippen molar-refractivity contribution in [1.82, 2.24) is 0 Å². The third-order valence-corrected chi connectivity index (χ3v) is 1.13. The second-order valence-corrected chi connectivity index (χ2v) is 2.44. The fourth-order valence-corrected chi connectivity index (χ4v) is 0.550. The van der Waals surface area contributed by atoms with Crippen molar-refractivity contribution in [2.24, 2.45) is 0 Å². The van der Waals surface area contributed by atoms with E-state index in [1.807, 2.05) is 0 Å². The predicted molar refractivity (Wildman–Crippen MR) is 30.4 cm³/mol. The van der Waals surface area contributed by atoms with Gasteiger partial charge in [0, 0.05) is 0 Å². The van der Waals surface area contributed by atoms with Crippen molar-refractivity contribution in [2.45, 2.75) is 5.51 Å². The summed E-state index contributed by atoms with van der Waals surface area (Å²) in [6.07, 6.45) is 0. The van der Waals surface area contributed by atoms with E-state index in [1.54, 1.807) is 0 Å². The van der Waals surface area contributed by atoms with Gasteiger partial charge in [0.05, 0.1) is 4.91 Å². The summed E-state index contributed by atoms with van der Waals surface area (Å²) >= 11 is -0.729. The zero-order valence-corrected chi connectivity index (χ0v) is 5.42. The maximum atomic E-state index is 11.3. The molecule has 0 bridgehead atoms. The first-order valence-corrected chi connectivity index (χ1v) is 2.82. The first-order valence-electron chi connectivity index (χ1n) is 2.01. The van der Waals surface area contributed by atoms with E-state index >= 15 is 0 Å². The lowest BCUT2D eigenvalue weighted by Crippen LogP contribution is -2.05. The van der Waals surface area contributed by atoms with Gasteiger partial charge in [-0.15, -0.1) is 0 Å². The van der Waals surface area contributed by atoms with Crippen LogP contribution in [0, 0.1) is 0 Å². The summed E-state index contributed by atoms with van der Waals surface area (Å²) in [5.74, 6) is -1.65. The minimum absolute atomic E-state index is 0.729. The van der Waals surface area contributed by atoms with Crippen LogP contribution in [0.5, 0.6) is 0 Å². The quantitative estimate of drug-likeness (QED) is 0.645. The standard InChI is InChI=1S/C4H3F3O2S/c1-2(3(8)9)10-4(5,6)7/h1H2,(H,8,9). The summed E-state index contributed by atoms with van der Waals surface area (Å²) in [6, 6.07) is 0. The monoisotopic (exact) mass is 172 g/mol. The van der Waals surface area contributed by atoms with Crippen LogP contribution in [0.1, 0.15) is 0 Å². The molecule has 0 fully saturated rings. The number of thioether (sulfide) groups is 1. The number of hydrogen-bond acceptors (Lipinski definition) is 2. The molecule has 0 saturated heterocycles. The van der Waals surface area contributed by atoms with Gasteiger partial charge < -0.3 is 5.11 Å². The van der Waals surface area contributed by atoms with Crippen molar-refractivity contribution in [3.63, 3.8) is 0 Å². The molecule has 0 spiro atoms. The van der Waals surface area contributed by atoms with Crippen molar-refractivity contribution in [3.05, 3.63) is 11.5 Å². The van der Waals surface area contributed by atoms with E-state index < -0.39 is 28.1 Å². The normalized spacial score (nSPS) is 11.1. The third kappa shape index (κ3) is 4.25. The van der Waals surface area contributed by atoms with Gasteiger partial charge >= 0.3 is 11.5 Å². The zero-order valence-electron chi connectivity index (χ0n) is 4.60. The average molecular weight is 172 g/mol. The molecule has 0 saturated carbocycles. The van der Waals surface area contributed by atoms with Gasteiger partial charge in [0.15, 0.2) is 0 Å². The zero-order chi connectivity index (χ0) is 8.36. The molecule has 0 aromatic heterocycles. The molecule has 0 aliphatic rings.